The van der Waals surface area contributed by atoms with Crippen molar-refractivity contribution in [3.8, 4) is 6.07 Å². The summed E-state index contributed by atoms with van der Waals surface area (Å²) in [6.07, 6.45) is 1.65. The van der Waals surface area contributed by atoms with E-state index in [2.05, 4.69) is 15.6 Å². The monoisotopic (exact) mass is 419 g/mol. The van der Waals surface area contributed by atoms with Crippen molar-refractivity contribution in [2.24, 2.45) is 5.92 Å². The van der Waals surface area contributed by atoms with Crippen molar-refractivity contribution < 1.29 is 9.90 Å². The molecule has 0 spiro atoms. The summed E-state index contributed by atoms with van der Waals surface area (Å²) in [6, 6.07) is 10.2. The molecule has 3 rings (SSSR count). The number of hydrogen-bond acceptors (Lipinski definition) is 6. The lowest BCUT2D eigenvalue weighted by Gasteiger charge is -2.20. The molecule has 0 unspecified atom stereocenters. The van der Waals surface area contributed by atoms with Crippen LogP contribution in [0.4, 0.5) is 11.5 Å². The predicted molar refractivity (Wildman–Crippen MR) is 120 cm³/mol. The van der Waals surface area contributed by atoms with Gasteiger partial charge in [0, 0.05) is 24.0 Å². The van der Waals surface area contributed by atoms with Crippen LogP contribution in [0.15, 0.2) is 41.3 Å². The maximum atomic E-state index is 13.0. The van der Waals surface area contributed by atoms with Crippen molar-refractivity contribution in [3.63, 3.8) is 0 Å². The Labute approximate surface area is 180 Å². The van der Waals surface area contributed by atoms with Crippen molar-refractivity contribution in [3.05, 3.63) is 69.1 Å². The van der Waals surface area contributed by atoms with E-state index in [0.717, 1.165) is 11.1 Å². The molecule has 0 bridgehead atoms. The SMILES string of the molecule is Cc1cc([C@@H](C)Nc2ccccc2C(=O)O)c2nc(NCC(C)C)c(C#N)c(=O)n2c1. The number of nitrogens with one attached hydrogen (secondary N) is 2. The summed E-state index contributed by atoms with van der Waals surface area (Å²) in [7, 11) is 0. The average molecular weight is 419 g/mol. The van der Waals surface area contributed by atoms with Crippen LogP contribution in [0, 0.1) is 24.2 Å². The van der Waals surface area contributed by atoms with Gasteiger partial charge < -0.3 is 15.7 Å². The number of benzene rings is 1. The van der Waals surface area contributed by atoms with Crippen LogP contribution in [0.2, 0.25) is 0 Å². The molecule has 8 nitrogen and oxygen atoms in total. The molecule has 1 aromatic carbocycles. The third kappa shape index (κ3) is 4.51. The van der Waals surface area contributed by atoms with E-state index in [9.17, 15) is 20.0 Å². The second kappa shape index (κ2) is 8.88. The Bertz CT molecular complexity index is 1240. The van der Waals surface area contributed by atoms with Gasteiger partial charge in [0.1, 0.15) is 11.7 Å². The van der Waals surface area contributed by atoms with Crippen LogP contribution in [0.3, 0.4) is 0 Å². The Balaban J connectivity index is 2.15. The second-order valence-electron chi connectivity index (χ2n) is 7.91. The number of carbonyl (C=O) groups is 1. The highest BCUT2D eigenvalue weighted by molar-refractivity contribution is 5.94. The number of nitriles is 1. The number of hydrogen-bond donors (Lipinski definition) is 3. The minimum atomic E-state index is -1.03. The Hall–Kier alpha value is -3.86. The van der Waals surface area contributed by atoms with E-state index in [0.29, 0.717) is 23.8 Å². The lowest BCUT2D eigenvalue weighted by atomic mass is 10.1. The molecule has 160 valence electrons. The lowest BCUT2D eigenvalue weighted by Crippen LogP contribution is -2.24. The fourth-order valence-corrected chi connectivity index (χ4v) is 3.36. The van der Waals surface area contributed by atoms with Gasteiger partial charge in [-0.3, -0.25) is 9.20 Å². The quantitative estimate of drug-likeness (QED) is 0.532. The predicted octanol–water partition coefficient (Wildman–Crippen LogP) is 3.81. The summed E-state index contributed by atoms with van der Waals surface area (Å²) in [6.45, 7) is 8.34. The third-order valence-electron chi connectivity index (χ3n) is 4.88. The summed E-state index contributed by atoms with van der Waals surface area (Å²) in [5.74, 6) is -0.473. The number of aryl methyl sites for hydroxylation is 1. The minimum absolute atomic E-state index is 0.0356. The maximum Gasteiger partial charge on any atom is 0.337 e. The van der Waals surface area contributed by atoms with Gasteiger partial charge in [-0.2, -0.15) is 5.26 Å². The molecule has 0 aliphatic rings. The van der Waals surface area contributed by atoms with E-state index in [-0.39, 0.29) is 23.0 Å². The van der Waals surface area contributed by atoms with Gasteiger partial charge in [-0.05, 0) is 43.5 Å². The Morgan fingerprint density at radius 2 is 2.00 bits per heavy atom. The number of pyridine rings is 1. The standard InChI is InChI=1S/C23H25N5O3/c1-13(2)11-25-20-18(10-24)22(29)28-12-14(3)9-17(21(28)27-20)15(4)26-19-8-6-5-7-16(19)23(30)31/h5-9,12-13,15,25-26H,11H2,1-4H3,(H,30,31)/t15-/m1/s1. The molecule has 0 saturated carbocycles. The van der Waals surface area contributed by atoms with Crippen LogP contribution >= 0.6 is 0 Å². The van der Waals surface area contributed by atoms with Gasteiger partial charge >= 0.3 is 5.97 Å². The zero-order valence-corrected chi connectivity index (χ0v) is 17.9. The highest BCUT2D eigenvalue weighted by Crippen LogP contribution is 2.26. The molecule has 3 N–H and O–H groups in total. The number of fused-ring (bicyclic) bond motifs is 1. The van der Waals surface area contributed by atoms with Crippen molar-refractivity contribution in [1.82, 2.24) is 9.38 Å². The van der Waals surface area contributed by atoms with E-state index in [4.69, 9.17) is 0 Å². The van der Waals surface area contributed by atoms with Crippen molar-refractivity contribution in [2.45, 2.75) is 33.7 Å². The lowest BCUT2D eigenvalue weighted by molar-refractivity contribution is 0.0698. The van der Waals surface area contributed by atoms with Crippen LogP contribution in [-0.2, 0) is 0 Å². The minimum Gasteiger partial charge on any atom is -0.478 e. The van der Waals surface area contributed by atoms with Crippen LogP contribution < -0.4 is 16.2 Å². The maximum absolute atomic E-state index is 13.0. The van der Waals surface area contributed by atoms with Crippen LogP contribution in [0.1, 0.15) is 53.9 Å². The molecular weight excluding hydrogens is 394 g/mol. The van der Waals surface area contributed by atoms with Gasteiger partial charge in [0.25, 0.3) is 5.56 Å². The number of nitrogens with zero attached hydrogens (tertiary/aromatic N) is 3. The third-order valence-corrected chi connectivity index (χ3v) is 4.88. The molecule has 0 radical (unpaired) electrons. The molecule has 1 atom stereocenters. The first-order valence-electron chi connectivity index (χ1n) is 10.0. The molecular formula is C23H25N5O3. The van der Waals surface area contributed by atoms with Gasteiger partial charge in [-0.1, -0.05) is 26.0 Å². The fraction of sp³-hybridized carbons (Fsp3) is 0.304. The number of carboxylic acids is 1. The van der Waals surface area contributed by atoms with Crippen molar-refractivity contribution in [1.29, 1.82) is 5.26 Å². The summed E-state index contributed by atoms with van der Waals surface area (Å²) >= 11 is 0. The first-order valence-corrected chi connectivity index (χ1v) is 10.0. The van der Waals surface area contributed by atoms with Crippen molar-refractivity contribution >= 4 is 23.1 Å². The van der Waals surface area contributed by atoms with Crippen molar-refractivity contribution in [2.75, 3.05) is 17.2 Å². The van der Waals surface area contributed by atoms with Gasteiger partial charge in [0.15, 0.2) is 11.4 Å². The molecule has 0 aliphatic heterocycles. The average Bonchev–Trinajstić information content (AvgIpc) is 2.72. The summed E-state index contributed by atoms with van der Waals surface area (Å²) < 4.78 is 1.38. The Morgan fingerprint density at radius 1 is 1.29 bits per heavy atom. The normalized spacial score (nSPS) is 11.9. The molecule has 0 amide bonds. The number of carboxylic acid groups (broad SMARTS) is 1. The van der Waals surface area contributed by atoms with Gasteiger partial charge in [-0.15, -0.1) is 0 Å². The first-order chi connectivity index (χ1) is 14.7. The zero-order valence-electron chi connectivity index (χ0n) is 17.9. The number of para-hydroxylation sites is 1. The van der Waals surface area contributed by atoms with Gasteiger partial charge in [0.2, 0.25) is 0 Å². The Kier molecular flexibility index (Phi) is 6.25. The number of rotatable bonds is 7. The Morgan fingerprint density at radius 3 is 2.65 bits per heavy atom. The van der Waals surface area contributed by atoms with Crippen LogP contribution in [-0.4, -0.2) is 27.0 Å². The van der Waals surface area contributed by atoms with E-state index in [1.165, 1.54) is 10.5 Å². The molecule has 2 aromatic heterocycles. The molecule has 3 aromatic rings. The van der Waals surface area contributed by atoms with Crippen LogP contribution in [0.5, 0.6) is 0 Å². The molecule has 0 saturated heterocycles. The van der Waals surface area contributed by atoms with E-state index in [1.807, 2.05) is 39.8 Å². The topological polar surface area (TPSA) is 120 Å². The molecule has 0 aliphatic carbocycles. The van der Waals surface area contributed by atoms with Gasteiger partial charge in [0.05, 0.1) is 11.6 Å². The smallest absolute Gasteiger partial charge is 0.337 e. The molecule has 2 heterocycles. The zero-order chi connectivity index (χ0) is 22.7. The van der Waals surface area contributed by atoms with E-state index in [1.54, 1.807) is 24.4 Å². The second-order valence-corrected chi connectivity index (χ2v) is 7.91. The molecule has 0 fully saturated rings. The summed E-state index contributed by atoms with van der Waals surface area (Å²) in [4.78, 5) is 29.2. The first kappa shape index (κ1) is 21.8. The summed E-state index contributed by atoms with van der Waals surface area (Å²) in [5, 5.41) is 25.3. The summed E-state index contributed by atoms with van der Waals surface area (Å²) in [5.41, 5.74) is 2.09. The number of anilines is 2. The highest BCUT2D eigenvalue weighted by Gasteiger charge is 2.19. The van der Waals surface area contributed by atoms with E-state index >= 15 is 0 Å². The van der Waals surface area contributed by atoms with Gasteiger partial charge in [-0.25, -0.2) is 9.78 Å². The van der Waals surface area contributed by atoms with E-state index < -0.39 is 11.5 Å². The largest absolute Gasteiger partial charge is 0.478 e. The molecule has 8 heteroatoms. The molecule has 31 heavy (non-hydrogen) atoms. The van der Waals surface area contributed by atoms with Crippen LogP contribution in [0.25, 0.3) is 5.65 Å². The fourth-order valence-electron chi connectivity index (χ4n) is 3.36. The number of aromatic carboxylic acids is 1. The highest BCUT2D eigenvalue weighted by atomic mass is 16.4. The number of aromatic nitrogens is 2.